The molecule has 260 valence electrons. The third-order valence-electron chi connectivity index (χ3n) is 9.35. The first-order chi connectivity index (χ1) is 22.6. The van der Waals surface area contributed by atoms with Gasteiger partial charge in [0.15, 0.2) is 0 Å². The fourth-order valence-electron chi connectivity index (χ4n) is 6.84. The van der Waals surface area contributed by atoms with Crippen molar-refractivity contribution in [1.82, 2.24) is 20.5 Å². The SMILES string of the molecule is COc1cnc(O[C@@H]2C[C@H]3C(=O)N[C@]4(C(=O)O)C[C@H]4/C=C\CCC(C)C[C@@H](C)C(NC(=O)OC(C)(C)C)C(=O)N3C2)c2cccc(Cl)c12. The number of benzene rings is 1. The Hall–Kier alpha value is -4.06. The first-order valence-corrected chi connectivity index (χ1v) is 16.8. The highest BCUT2D eigenvalue weighted by Gasteiger charge is 2.61. The molecule has 2 fully saturated rings. The van der Waals surface area contributed by atoms with Crippen LogP contribution in [0, 0.1) is 17.8 Å². The third-order valence-corrected chi connectivity index (χ3v) is 9.67. The fourth-order valence-corrected chi connectivity index (χ4v) is 7.11. The minimum atomic E-state index is -1.46. The maximum absolute atomic E-state index is 14.5. The number of amides is 3. The van der Waals surface area contributed by atoms with E-state index in [1.54, 1.807) is 39.0 Å². The number of hydrogen-bond donors (Lipinski definition) is 3. The van der Waals surface area contributed by atoms with Gasteiger partial charge in [-0.15, -0.1) is 0 Å². The van der Waals surface area contributed by atoms with Crippen molar-refractivity contribution >= 4 is 46.3 Å². The third kappa shape index (κ3) is 7.48. The van der Waals surface area contributed by atoms with E-state index in [9.17, 15) is 24.3 Å². The second-order valence-electron chi connectivity index (χ2n) is 14.3. The number of pyridine rings is 1. The lowest BCUT2D eigenvalue weighted by molar-refractivity contribution is -0.146. The maximum Gasteiger partial charge on any atom is 0.408 e. The Morgan fingerprint density at radius 3 is 2.62 bits per heavy atom. The predicted molar refractivity (Wildman–Crippen MR) is 179 cm³/mol. The van der Waals surface area contributed by atoms with Crippen molar-refractivity contribution in [3.63, 3.8) is 0 Å². The molecule has 5 rings (SSSR count). The normalized spacial score (nSPS) is 30.2. The molecule has 0 spiro atoms. The number of aliphatic carboxylic acids is 1. The zero-order valence-electron chi connectivity index (χ0n) is 28.2. The van der Waals surface area contributed by atoms with Crippen LogP contribution in [0.4, 0.5) is 4.79 Å². The van der Waals surface area contributed by atoms with Gasteiger partial charge in [0.05, 0.1) is 24.9 Å². The number of allylic oxidation sites excluding steroid dienone is 1. The van der Waals surface area contributed by atoms with Gasteiger partial charge >= 0.3 is 12.1 Å². The van der Waals surface area contributed by atoms with Crippen LogP contribution < -0.4 is 20.1 Å². The quantitative estimate of drug-likeness (QED) is 0.364. The molecular formula is C35H45ClN4O8. The number of ether oxygens (including phenoxy) is 3. The Morgan fingerprint density at radius 1 is 1.19 bits per heavy atom. The number of fused-ring (bicyclic) bond motifs is 3. The first kappa shape index (κ1) is 35.3. The summed E-state index contributed by atoms with van der Waals surface area (Å²) in [6, 6.07) is 3.19. The van der Waals surface area contributed by atoms with Crippen molar-refractivity contribution in [3.05, 3.63) is 41.6 Å². The lowest BCUT2D eigenvalue weighted by Crippen LogP contribution is -2.58. The van der Waals surface area contributed by atoms with Crippen molar-refractivity contribution in [2.24, 2.45) is 17.8 Å². The van der Waals surface area contributed by atoms with Crippen LogP contribution in [-0.4, -0.2) is 81.8 Å². The van der Waals surface area contributed by atoms with Gasteiger partial charge < -0.3 is 34.9 Å². The summed E-state index contributed by atoms with van der Waals surface area (Å²) in [6.45, 7) is 9.18. The highest BCUT2D eigenvalue weighted by molar-refractivity contribution is 6.36. The number of hydrogen-bond acceptors (Lipinski definition) is 8. The number of nitrogens with one attached hydrogen (secondary N) is 2. The van der Waals surface area contributed by atoms with Gasteiger partial charge in [0, 0.05) is 23.1 Å². The van der Waals surface area contributed by atoms with E-state index in [0.29, 0.717) is 28.0 Å². The molecule has 1 saturated carbocycles. The van der Waals surface area contributed by atoms with Crippen LogP contribution in [0.25, 0.3) is 10.8 Å². The molecule has 2 aliphatic heterocycles. The van der Waals surface area contributed by atoms with Crippen LogP contribution in [0.3, 0.4) is 0 Å². The molecule has 1 aromatic heterocycles. The number of rotatable bonds is 5. The van der Waals surface area contributed by atoms with Crippen molar-refractivity contribution in [2.45, 2.75) is 96.1 Å². The number of aromatic nitrogens is 1. The molecule has 48 heavy (non-hydrogen) atoms. The van der Waals surface area contributed by atoms with Gasteiger partial charge in [0.1, 0.15) is 35.1 Å². The number of alkyl carbamates (subject to hydrolysis) is 1. The average molecular weight is 685 g/mol. The number of nitrogens with zero attached hydrogens (tertiary/aromatic N) is 2. The molecule has 0 bridgehead atoms. The van der Waals surface area contributed by atoms with E-state index in [1.165, 1.54) is 18.2 Å². The summed E-state index contributed by atoms with van der Waals surface area (Å²) in [5, 5.41) is 17.4. The number of carboxylic acids is 1. The summed E-state index contributed by atoms with van der Waals surface area (Å²) < 4.78 is 17.4. The first-order valence-electron chi connectivity index (χ1n) is 16.4. The predicted octanol–water partition coefficient (Wildman–Crippen LogP) is 5.11. The van der Waals surface area contributed by atoms with E-state index >= 15 is 0 Å². The van der Waals surface area contributed by atoms with Crippen molar-refractivity contribution in [2.75, 3.05) is 13.7 Å². The van der Waals surface area contributed by atoms with Crippen LogP contribution in [-0.2, 0) is 19.1 Å². The lowest BCUT2D eigenvalue weighted by atomic mass is 9.88. The summed E-state index contributed by atoms with van der Waals surface area (Å²) >= 11 is 6.51. The van der Waals surface area contributed by atoms with E-state index in [4.69, 9.17) is 25.8 Å². The number of methoxy groups -OCH3 is 1. The van der Waals surface area contributed by atoms with Gasteiger partial charge in [-0.05, 0) is 70.4 Å². The van der Waals surface area contributed by atoms with Gasteiger partial charge in [-0.3, -0.25) is 9.59 Å². The molecule has 7 atom stereocenters. The Balaban J connectivity index is 1.51. The number of carboxylic acid groups (broad SMARTS) is 1. The molecule has 3 N–H and O–H groups in total. The average Bonchev–Trinajstić information content (AvgIpc) is 3.54. The fraction of sp³-hybridized carbons (Fsp3) is 0.571. The monoisotopic (exact) mass is 684 g/mol. The Kier molecular flexibility index (Phi) is 10.1. The van der Waals surface area contributed by atoms with Crippen molar-refractivity contribution < 1.29 is 38.5 Å². The van der Waals surface area contributed by atoms with E-state index < -0.39 is 53.2 Å². The molecule has 3 aliphatic rings. The molecule has 3 amide bonds. The van der Waals surface area contributed by atoms with E-state index in [1.807, 2.05) is 19.1 Å². The van der Waals surface area contributed by atoms with Gasteiger partial charge in [-0.25, -0.2) is 14.6 Å². The zero-order valence-corrected chi connectivity index (χ0v) is 29.0. The highest BCUT2D eigenvalue weighted by atomic mass is 35.5. The molecule has 13 heteroatoms. The van der Waals surface area contributed by atoms with Crippen LogP contribution in [0.2, 0.25) is 5.02 Å². The second-order valence-corrected chi connectivity index (χ2v) is 14.7. The standard InChI is InChI=1S/C35H45ClN4O8/c1-19-10-7-8-11-21-16-35(21,32(43)44)39-29(41)25-15-22(47-30-23-12-9-13-24(36)27(23)26(46-6)17-37-30)18-40(25)31(42)28(20(2)14-19)38-33(45)48-34(3,4)5/h8-9,11-13,17,19-22,25,28H,7,10,14-16,18H2,1-6H3,(H,38,45)(H,39,41)(H,43,44)/b11-8-/t19?,20-,21-,22-,25+,28?,35-/m1/s1. The smallest absolute Gasteiger partial charge is 0.408 e. The molecule has 3 heterocycles. The van der Waals surface area contributed by atoms with E-state index in [2.05, 4.69) is 22.5 Å². The molecule has 1 aromatic carbocycles. The molecule has 2 unspecified atom stereocenters. The van der Waals surface area contributed by atoms with Crippen LogP contribution in [0.1, 0.15) is 66.7 Å². The van der Waals surface area contributed by atoms with Crippen LogP contribution in [0.5, 0.6) is 11.6 Å². The highest BCUT2D eigenvalue weighted by Crippen LogP contribution is 2.46. The van der Waals surface area contributed by atoms with Gasteiger partial charge in [-0.1, -0.05) is 43.7 Å². The topological polar surface area (TPSA) is 156 Å². The van der Waals surface area contributed by atoms with Gasteiger partial charge in [-0.2, -0.15) is 0 Å². The van der Waals surface area contributed by atoms with E-state index in [0.717, 1.165) is 12.8 Å². The Bertz CT molecular complexity index is 1610. The van der Waals surface area contributed by atoms with Crippen LogP contribution >= 0.6 is 11.6 Å². The Labute approximate surface area is 285 Å². The minimum Gasteiger partial charge on any atom is -0.494 e. The zero-order chi connectivity index (χ0) is 35.0. The molecular weight excluding hydrogens is 640 g/mol. The van der Waals surface area contributed by atoms with Crippen molar-refractivity contribution in [3.8, 4) is 11.6 Å². The molecule has 0 radical (unpaired) electrons. The summed E-state index contributed by atoms with van der Waals surface area (Å²) in [7, 11) is 1.51. The Morgan fingerprint density at radius 2 is 1.94 bits per heavy atom. The summed E-state index contributed by atoms with van der Waals surface area (Å²) in [5.41, 5.74) is -2.26. The van der Waals surface area contributed by atoms with E-state index in [-0.39, 0.29) is 43.0 Å². The molecule has 2 aromatic rings. The summed E-state index contributed by atoms with van der Waals surface area (Å²) in [6.07, 6.45) is 6.36. The molecule has 1 saturated heterocycles. The second kappa shape index (κ2) is 13.8. The largest absolute Gasteiger partial charge is 0.494 e. The number of halogens is 1. The van der Waals surface area contributed by atoms with Crippen LogP contribution in [0.15, 0.2) is 36.5 Å². The van der Waals surface area contributed by atoms with Gasteiger partial charge in [0.25, 0.3) is 0 Å². The van der Waals surface area contributed by atoms with Gasteiger partial charge in [0.2, 0.25) is 17.7 Å². The number of carbonyl (C=O) groups excluding carboxylic acids is 3. The summed E-state index contributed by atoms with van der Waals surface area (Å²) in [4.78, 5) is 59.9. The lowest BCUT2D eigenvalue weighted by Gasteiger charge is -2.33. The summed E-state index contributed by atoms with van der Waals surface area (Å²) in [5.74, 6) is -1.99. The maximum atomic E-state index is 14.5. The molecule has 12 nitrogen and oxygen atoms in total. The number of carbonyl (C=O) groups is 4. The minimum absolute atomic E-state index is 0.00906. The molecule has 1 aliphatic carbocycles. The van der Waals surface area contributed by atoms with Crippen molar-refractivity contribution in [1.29, 1.82) is 0 Å².